The third-order valence-corrected chi connectivity index (χ3v) is 9.56. The van der Waals surface area contributed by atoms with Gasteiger partial charge in [-0.05, 0) is 74.6 Å². The maximum atomic E-state index is 15.6. The van der Waals surface area contributed by atoms with Gasteiger partial charge in [-0.3, -0.25) is 9.78 Å². The lowest BCUT2D eigenvalue weighted by Gasteiger charge is -2.39. The zero-order valence-corrected chi connectivity index (χ0v) is 27.6. The van der Waals surface area contributed by atoms with Gasteiger partial charge >= 0.3 is 5.97 Å². The molecule has 3 aromatic heterocycles. The number of carboxylic acid groups (broad SMARTS) is 1. The van der Waals surface area contributed by atoms with Crippen molar-refractivity contribution in [1.29, 1.82) is 0 Å². The van der Waals surface area contributed by atoms with Crippen LogP contribution in [0.15, 0.2) is 54.7 Å². The molecule has 258 valence electrons. The number of imidazole rings is 1. The molecule has 4 heterocycles. The molecule has 10 nitrogen and oxygen atoms in total. The van der Waals surface area contributed by atoms with Gasteiger partial charge in [0.05, 0.1) is 34.4 Å². The van der Waals surface area contributed by atoms with Gasteiger partial charge in [0.2, 0.25) is 5.88 Å². The number of halogens is 4. The van der Waals surface area contributed by atoms with Crippen LogP contribution in [0.4, 0.5) is 13.2 Å². The monoisotopic (exact) mass is 705 g/mol. The van der Waals surface area contributed by atoms with Crippen LogP contribution >= 0.6 is 11.6 Å². The molecule has 0 radical (unpaired) electrons. The van der Waals surface area contributed by atoms with E-state index in [0.29, 0.717) is 12.2 Å². The number of aromatic nitrogens is 4. The third-order valence-electron chi connectivity index (χ3n) is 9.21. The van der Waals surface area contributed by atoms with Crippen molar-refractivity contribution < 1.29 is 37.3 Å². The van der Waals surface area contributed by atoms with Gasteiger partial charge in [0.15, 0.2) is 5.82 Å². The second kappa shape index (κ2) is 13.4. The van der Waals surface area contributed by atoms with Gasteiger partial charge < -0.3 is 24.5 Å². The predicted molar refractivity (Wildman–Crippen MR) is 177 cm³/mol. The summed E-state index contributed by atoms with van der Waals surface area (Å²) in [5.74, 6) is -3.59. The van der Waals surface area contributed by atoms with Crippen LogP contribution in [0, 0.1) is 17.5 Å². The fourth-order valence-corrected chi connectivity index (χ4v) is 6.28. The van der Waals surface area contributed by atoms with Gasteiger partial charge in [0, 0.05) is 42.0 Å². The largest absolute Gasteiger partial charge is 0.478 e. The van der Waals surface area contributed by atoms with Gasteiger partial charge in [0.1, 0.15) is 35.3 Å². The number of carbonyl (C=O) groups excluding carboxylic acids is 1. The van der Waals surface area contributed by atoms with Gasteiger partial charge in [-0.25, -0.2) is 27.9 Å². The summed E-state index contributed by atoms with van der Waals surface area (Å²) in [5, 5.41) is 12.7. The van der Waals surface area contributed by atoms with Crippen LogP contribution < -0.4 is 10.1 Å². The van der Waals surface area contributed by atoms with E-state index in [2.05, 4.69) is 20.3 Å². The van der Waals surface area contributed by atoms with Crippen molar-refractivity contribution in [1.82, 2.24) is 24.8 Å². The van der Waals surface area contributed by atoms with Crippen LogP contribution in [0.1, 0.15) is 70.4 Å². The first-order chi connectivity index (χ1) is 24.0. The Balaban J connectivity index is 1.09. The van der Waals surface area contributed by atoms with Gasteiger partial charge in [-0.2, -0.15) is 0 Å². The molecule has 1 saturated carbocycles. The number of benzene rings is 2. The Hall–Kier alpha value is -5.01. The van der Waals surface area contributed by atoms with Crippen LogP contribution in [0.3, 0.4) is 0 Å². The Kier molecular flexibility index (Phi) is 8.95. The molecule has 5 aromatic rings. The van der Waals surface area contributed by atoms with E-state index in [1.807, 2.05) is 6.92 Å². The molecule has 2 N–H and O–H groups in total. The van der Waals surface area contributed by atoms with E-state index in [-0.39, 0.29) is 93.0 Å². The molecule has 14 heteroatoms. The number of nitrogens with zero attached hydrogens (tertiary/aromatic N) is 4. The summed E-state index contributed by atoms with van der Waals surface area (Å²) < 4.78 is 59.0. The van der Waals surface area contributed by atoms with Crippen molar-refractivity contribution in [3.05, 3.63) is 105 Å². The number of fused-ring (bicyclic) bond motifs is 1. The highest BCUT2D eigenvalue weighted by Gasteiger charge is 2.34. The number of aromatic carboxylic acids is 1. The van der Waals surface area contributed by atoms with Crippen molar-refractivity contribution in [2.45, 2.75) is 63.8 Å². The molecule has 50 heavy (non-hydrogen) atoms. The van der Waals surface area contributed by atoms with Crippen molar-refractivity contribution in [2.24, 2.45) is 0 Å². The fourth-order valence-electron chi connectivity index (χ4n) is 6.07. The summed E-state index contributed by atoms with van der Waals surface area (Å²) in [4.78, 5) is 37.1. The number of pyridine rings is 2. The van der Waals surface area contributed by atoms with Crippen molar-refractivity contribution in [2.75, 3.05) is 6.61 Å². The number of carboxylic acids is 1. The average Bonchev–Trinajstić information content (AvgIpc) is 3.40. The second-order valence-electron chi connectivity index (χ2n) is 12.8. The molecule has 0 spiro atoms. The first-order valence-electron chi connectivity index (χ1n) is 16.0. The molecule has 1 aliphatic heterocycles. The number of amides is 1. The highest BCUT2D eigenvalue weighted by Crippen LogP contribution is 2.32. The summed E-state index contributed by atoms with van der Waals surface area (Å²) in [6.07, 6.45) is 4.67. The summed E-state index contributed by atoms with van der Waals surface area (Å²) in [7, 11) is 0. The Labute approximate surface area is 289 Å². The standard InChI is InChI=1S/C36H31ClF3N5O5/c1-36(7-3-8-36)44-34(46)29-15-24(37)21(16-41-29)18-50-32-5-2-4-28(42-32)23-14-25(38)19(10-26(23)39)13-31-43-33-27(40)11-20(35(47)48)12-30(33)45(31)17-22-6-9-49-22/h2,4-5,10-12,14-16,22H,3,6-9,13,17-18H2,1H3,(H,44,46)(H,47,48)/t22-/m0/s1. The van der Waals surface area contributed by atoms with Crippen molar-refractivity contribution in [3.63, 3.8) is 0 Å². The molecule has 2 aromatic carbocycles. The first-order valence-corrected chi connectivity index (χ1v) is 16.4. The Morgan fingerprint density at radius 3 is 2.56 bits per heavy atom. The molecule has 0 bridgehead atoms. The summed E-state index contributed by atoms with van der Waals surface area (Å²) in [6, 6.07) is 10.4. The van der Waals surface area contributed by atoms with Crippen LogP contribution in [-0.2, 0) is 24.3 Å². The minimum atomic E-state index is -1.30. The molecule has 2 fully saturated rings. The quantitative estimate of drug-likeness (QED) is 0.152. The summed E-state index contributed by atoms with van der Waals surface area (Å²) >= 11 is 6.43. The van der Waals surface area contributed by atoms with Gasteiger partial charge in [0.25, 0.3) is 5.91 Å². The Bertz CT molecular complexity index is 2150. The molecule has 1 amide bonds. The molecule has 1 aliphatic carbocycles. The smallest absolute Gasteiger partial charge is 0.335 e. The number of ether oxygens (including phenoxy) is 2. The average molecular weight is 706 g/mol. The lowest BCUT2D eigenvalue weighted by atomic mass is 9.78. The second-order valence-corrected chi connectivity index (χ2v) is 13.2. The van der Waals surface area contributed by atoms with Gasteiger partial charge in [-0.1, -0.05) is 17.7 Å². The molecule has 2 aliphatic rings. The van der Waals surface area contributed by atoms with Crippen LogP contribution in [0.5, 0.6) is 5.88 Å². The van der Waals surface area contributed by atoms with Crippen molar-refractivity contribution in [3.8, 4) is 17.1 Å². The maximum absolute atomic E-state index is 15.6. The highest BCUT2D eigenvalue weighted by molar-refractivity contribution is 6.31. The topological polar surface area (TPSA) is 128 Å². The van der Waals surface area contributed by atoms with E-state index in [1.54, 1.807) is 16.7 Å². The number of rotatable bonds is 11. The first kappa shape index (κ1) is 33.5. The van der Waals surface area contributed by atoms with Crippen molar-refractivity contribution >= 4 is 34.5 Å². The Morgan fingerprint density at radius 1 is 1.08 bits per heavy atom. The normalized spacial score (nSPS) is 16.5. The van der Waals surface area contributed by atoms with Crippen LogP contribution in [-0.4, -0.2) is 54.8 Å². The SMILES string of the molecule is CC1(NC(=O)c2cc(Cl)c(COc3cccc(-c4cc(F)c(Cc5nc6c(F)cc(C(=O)O)cc6n5C[C@@H]5CCO5)cc4F)n3)cn2)CCC1. The van der Waals surface area contributed by atoms with E-state index >= 15 is 8.78 Å². The molecular weight excluding hydrogens is 675 g/mol. The lowest BCUT2D eigenvalue weighted by molar-refractivity contribution is -0.0589. The number of hydrogen-bond donors (Lipinski definition) is 2. The fraction of sp³-hybridized carbons (Fsp3) is 0.306. The highest BCUT2D eigenvalue weighted by atomic mass is 35.5. The summed E-state index contributed by atoms with van der Waals surface area (Å²) in [6.45, 7) is 2.75. The van der Waals surface area contributed by atoms with E-state index in [1.165, 1.54) is 24.4 Å². The lowest BCUT2D eigenvalue weighted by Crippen LogP contribution is -2.51. The zero-order chi connectivity index (χ0) is 35.2. The zero-order valence-electron chi connectivity index (χ0n) is 26.8. The van der Waals surface area contributed by atoms with Gasteiger partial charge in [-0.15, -0.1) is 0 Å². The minimum Gasteiger partial charge on any atom is -0.478 e. The summed E-state index contributed by atoms with van der Waals surface area (Å²) in [5.41, 5.74) is 0.328. The molecule has 1 saturated heterocycles. The number of hydrogen-bond acceptors (Lipinski definition) is 7. The van der Waals surface area contributed by atoms with Crippen LogP contribution in [0.2, 0.25) is 5.02 Å². The van der Waals surface area contributed by atoms with Crippen LogP contribution in [0.25, 0.3) is 22.3 Å². The van der Waals surface area contributed by atoms with E-state index < -0.39 is 23.4 Å². The number of nitrogens with one attached hydrogen (secondary N) is 1. The molecule has 1 atom stereocenters. The molecule has 7 rings (SSSR count). The third kappa shape index (κ3) is 6.75. The minimum absolute atomic E-state index is 0.0373. The predicted octanol–water partition coefficient (Wildman–Crippen LogP) is 6.89. The van der Waals surface area contributed by atoms with E-state index in [4.69, 9.17) is 21.1 Å². The van der Waals surface area contributed by atoms with E-state index in [0.717, 1.165) is 43.9 Å². The molecule has 0 unspecified atom stereocenters. The number of carbonyl (C=O) groups is 2. The van der Waals surface area contributed by atoms with E-state index in [9.17, 15) is 19.1 Å². The Morgan fingerprint density at radius 2 is 1.88 bits per heavy atom. The molecular formula is C36H31ClF3N5O5. The maximum Gasteiger partial charge on any atom is 0.335 e.